The highest BCUT2D eigenvalue weighted by atomic mass is 32.1. The first kappa shape index (κ1) is 12.3. The van der Waals surface area contributed by atoms with Crippen molar-refractivity contribution in [3.63, 3.8) is 0 Å². The zero-order chi connectivity index (χ0) is 13.0. The zero-order valence-electron chi connectivity index (χ0n) is 9.66. The minimum Gasteiger partial charge on any atom is -0.465 e. The lowest BCUT2D eigenvalue weighted by molar-refractivity contribution is 0.0602. The van der Waals surface area contributed by atoms with E-state index in [1.165, 1.54) is 18.4 Å². The Labute approximate surface area is 108 Å². The maximum absolute atomic E-state index is 11.4. The lowest BCUT2D eigenvalue weighted by Crippen LogP contribution is -2.01. The van der Waals surface area contributed by atoms with Crippen LogP contribution in [-0.2, 0) is 4.74 Å². The molecule has 2 N–H and O–H groups in total. The summed E-state index contributed by atoms with van der Waals surface area (Å²) in [4.78, 5) is 11.4. The molecule has 5 nitrogen and oxygen atoms in total. The molecule has 0 aliphatic heterocycles. The number of hydrogen-bond donors (Lipinski definition) is 1. The van der Waals surface area contributed by atoms with Crippen molar-refractivity contribution >= 4 is 33.0 Å². The Hall–Kier alpha value is -2.21. The predicted molar refractivity (Wildman–Crippen MR) is 70.7 cm³/mol. The van der Waals surface area contributed by atoms with E-state index in [4.69, 9.17) is 5.73 Å². The number of benzene rings is 1. The number of hydrogen-bond acceptors (Lipinski definition) is 6. The minimum atomic E-state index is -0.468. The van der Waals surface area contributed by atoms with E-state index in [0.717, 1.165) is 5.69 Å². The number of methoxy groups -OCH3 is 1. The van der Waals surface area contributed by atoms with Crippen LogP contribution in [0.25, 0.3) is 0 Å². The lowest BCUT2D eigenvalue weighted by atomic mass is 10.3. The van der Waals surface area contributed by atoms with Gasteiger partial charge in [-0.15, -0.1) is 10.2 Å². The highest BCUT2D eigenvalue weighted by molar-refractivity contribution is 7.19. The molecule has 2 rings (SSSR count). The number of rotatable bonds is 3. The summed E-state index contributed by atoms with van der Waals surface area (Å²) in [6, 6.07) is 10.9. The fraction of sp³-hybridized carbons (Fsp3) is 0.0833. The molecule has 1 aromatic carbocycles. The lowest BCUT2D eigenvalue weighted by Gasteiger charge is -1.94. The molecule has 92 valence electrons. The molecule has 18 heavy (non-hydrogen) atoms. The topological polar surface area (TPSA) is 77.0 Å². The number of carbonyl (C=O) groups excluding carboxylic acids is 1. The summed E-state index contributed by atoms with van der Waals surface area (Å²) < 4.78 is 4.61. The highest BCUT2D eigenvalue weighted by Gasteiger charge is 2.14. The number of nitrogen functional groups attached to an aromatic ring is 1. The molecule has 0 saturated heterocycles. The molecule has 0 bridgehead atoms. The van der Waals surface area contributed by atoms with Gasteiger partial charge >= 0.3 is 5.97 Å². The Bertz CT molecular complexity index is 578. The van der Waals surface area contributed by atoms with Gasteiger partial charge in [0.15, 0.2) is 0 Å². The molecule has 0 unspecified atom stereocenters. The third kappa shape index (κ3) is 2.72. The van der Waals surface area contributed by atoms with Gasteiger partial charge in [0.25, 0.3) is 0 Å². The standard InChI is InChI=1S/C12H11N3O2S/c1-17-12(16)9-7-10(18-11(9)13)15-14-8-5-3-2-4-6-8/h2-7H,13H2,1H3. The maximum atomic E-state index is 11.4. The van der Waals surface area contributed by atoms with E-state index in [1.54, 1.807) is 6.07 Å². The summed E-state index contributed by atoms with van der Waals surface area (Å²) >= 11 is 1.19. The van der Waals surface area contributed by atoms with Crippen molar-refractivity contribution in [2.75, 3.05) is 12.8 Å². The Morgan fingerprint density at radius 3 is 2.67 bits per heavy atom. The molecular formula is C12H11N3O2S. The van der Waals surface area contributed by atoms with E-state index in [2.05, 4.69) is 15.0 Å². The van der Waals surface area contributed by atoms with Crippen molar-refractivity contribution in [2.45, 2.75) is 0 Å². The van der Waals surface area contributed by atoms with Gasteiger partial charge in [-0.05, 0) is 18.2 Å². The summed E-state index contributed by atoms with van der Waals surface area (Å²) in [5.74, 6) is -0.468. The Morgan fingerprint density at radius 2 is 2.00 bits per heavy atom. The average molecular weight is 261 g/mol. The quantitative estimate of drug-likeness (QED) is 0.678. The second-order valence-electron chi connectivity index (χ2n) is 3.39. The van der Waals surface area contributed by atoms with Gasteiger partial charge < -0.3 is 10.5 Å². The number of nitrogens with zero attached hydrogens (tertiary/aromatic N) is 2. The van der Waals surface area contributed by atoms with Crippen LogP contribution in [0.4, 0.5) is 15.7 Å². The van der Waals surface area contributed by atoms with E-state index in [9.17, 15) is 4.79 Å². The molecule has 0 aliphatic rings. The molecule has 0 fully saturated rings. The van der Waals surface area contributed by atoms with Crippen LogP contribution in [0, 0.1) is 0 Å². The van der Waals surface area contributed by atoms with Gasteiger partial charge in [-0.3, -0.25) is 0 Å². The number of azo groups is 1. The van der Waals surface area contributed by atoms with Crippen LogP contribution in [-0.4, -0.2) is 13.1 Å². The number of esters is 1. The zero-order valence-corrected chi connectivity index (χ0v) is 10.5. The van der Waals surface area contributed by atoms with Crippen LogP contribution in [0.5, 0.6) is 0 Å². The maximum Gasteiger partial charge on any atom is 0.340 e. The fourth-order valence-electron chi connectivity index (χ4n) is 1.31. The molecule has 0 spiro atoms. The van der Waals surface area contributed by atoms with Gasteiger partial charge in [0.2, 0.25) is 0 Å². The Kier molecular flexibility index (Phi) is 3.69. The van der Waals surface area contributed by atoms with Gasteiger partial charge in [0.05, 0.1) is 18.4 Å². The van der Waals surface area contributed by atoms with Crippen LogP contribution in [0.1, 0.15) is 10.4 Å². The van der Waals surface area contributed by atoms with Crippen molar-refractivity contribution in [2.24, 2.45) is 10.2 Å². The summed E-state index contributed by atoms with van der Waals surface area (Å²) in [5.41, 5.74) is 6.77. The largest absolute Gasteiger partial charge is 0.465 e. The van der Waals surface area contributed by atoms with E-state index in [1.807, 2.05) is 30.3 Å². The number of ether oxygens (including phenoxy) is 1. The second-order valence-corrected chi connectivity index (χ2v) is 4.45. The third-order valence-corrected chi connectivity index (χ3v) is 3.02. The molecule has 1 heterocycles. The summed E-state index contributed by atoms with van der Waals surface area (Å²) in [5, 5.41) is 9.02. The SMILES string of the molecule is COC(=O)c1cc(N=Nc2ccccc2)sc1N. The van der Waals surface area contributed by atoms with Crippen molar-refractivity contribution < 1.29 is 9.53 Å². The van der Waals surface area contributed by atoms with E-state index >= 15 is 0 Å². The van der Waals surface area contributed by atoms with Gasteiger partial charge in [-0.25, -0.2) is 4.79 Å². The first-order chi connectivity index (χ1) is 8.70. The third-order valence-electron chi connectivity index (χ3n) is 2.17. The minimum absolute atomic E-state index is 0.324. The van der Waals surface area contributed by atoms with Crippen LogP contribution < -0.4 is 5.73 Å². The second kappa shape index (κ2) is 5.42. The predicted octanol–water partition coefficient (Wildman–Crippen LogP) is 3.53. The molecule has 0 saturated carbocycles. The van der Waals surface area contributed by atoms with Gasteiger partial charge in [0, 0.05) is 0 Å². The number of nitrogens with two attached hydrogens (primary N) is 1. The van der Waals surface area contributed by atoms with Crippen LogP contribution >= 0.6 is 11.3 Å². The Balaban J connectivity index is 2.21. The van der Waals surface area contributed by atoms with Crippen LogP contribution in [0.2, 0.25) is 0 Å². The molecule has 0 amide bonds. The Morgan fingerprint density at radius 1 is 1.28 bits per heavy atom. The van der Waals surface area contributed by atoms with E-state index in [0.29, 0.717) is 15.6 Å². The fourth-order valence-corrected chi connectivity index (χ4v) is 2.05. The summed E-state index contributed by atoms with van der Waals surface area (Å²) in [6.07, 6.45) is 0. The van der Waals surface area contributed by atoms with E-state index < -0.39 is 5.97 Å². The van der Waals surface area contributed by atoms with Crippen LogP contribution in [0.3, 0.4) is 0 Å². The van der Waals surface area contributed by atoms with Crippen molar-refractivity contribution in [1.82, 2.24) is 0 Å². The normalized spacial score (nSPS) is 10.7. The van der Waals surface area contributed by atoms with Gasteiger partial charge in [-0.2, -0.15) is 0 Å². The number of thiophene rings is 1. The van der Waals surface area contributed by atoms with Crippen molar-refractivity contribution in [3.8, 4) is 0 Å². The molecule has 1 aromatic heterocycles. The first-order valence-corrected chi connectivity index (χ1v) is 5.97. The highest BCUT2D eigenvalue weighted by Crippen LogP contribution is 2.33. The molecule has 0 radical (unpaired) electrons. The first-order valence-electron chi connectivity index (χ1n) is 5.15. The van der Waals surface area contributed by atoms with E-state index in [-0.39, 0.29) is 0 Å². The van der Waals surface area contributed by atoms with Crippen LogP contribution in [0.15, 0.2) is 46.6 Å². The summed E-state index contributed by atoms with van der Waals surface area (Å²) in [7, 11) is 1.31. The van der Waals surface area contributed by atoms with Crippen molar-refractivity contribution in [3.05, 3.63) is 42.0 Å². The molecular weight excluding hydrogens is 250 g/mol. The monoisotopic (exact) mass is 261 g/mol. The average Bonchev–Trinajstić information content (AvgIpc) is 2.78. The van der Waals surface area contributed by atoms with Gasteiger partial charge in [-0.1, -0.05) is 29.5 Å². The van der Waals surface area contributed by atoms with Gasteiger partial charge in [0.1, 0.15) is 10.0 Å². The van der Waals surface area contributed by atoms with Crippen molar-refractivity contribution in [1.29, 1.82) is 0 Å². The smallest absolute Gasteiger partial charge is 0.340 e. The number of anilines is 1. The molecule has 0 aliphatic carbocycles. The molecule has 6 heteroatoms. The molecule has 0 atom stereocenters. The molecule has 2 aromatic rings. The number of carbonyl (C=O) groups is 1. The summed E-state index contributed by atoms with van der Waals surface area (Å²) in [6.45, 7) is 0.